The molecule has 0 aromatic carbocycles. The van der Waals surface area contributed by atoms with Crippen molar-refractivity contribution in [2.45, 2.75) is 35.1 Å². The molecule has 2 aliphatic rings. The third-order valence-corrected chi connectivity index (χ3v) is 5.35. The monoisotopic (exact) mass is 301 g/mol. The van der Waals surface area contributed by atoms with Crippen LogP contribution in [0.1, 0.15) is 26.2 Å². The number of fused-ring (bicyclic) bond motifs is 1. The third kappa shape index (κ3) is 4.44. The van der Waals surface area contributed by atoms with Gasteiger partial charge in [0.05, 0.1) is 0 Å². The minimum absolute atomic E-state index is 0. The van der Waals surface area contributed by atoms with E-state index in [1.54, 1.807) is 0 Å². The summed E-state index contributed by atoms with van der Waals surface area (Å²) in [5, 5.41) is 0. The molecule has 0 N–H and O–H groups in total. The second-order valence-electron chi connectivity index (χ2n) is 3.72. The first-order chi connectivity index (χ1) is 5.92. The summed E-state index contributed by atoms with van der Waals surface area (Å²) < 4.78 is 2.53. The van der Waals surface area contributed by atoms with Gasteiger partial charge in [0.2, 0.25) is 0 Å². The molecule has 2 aliphatic carbocycles. The minimum Gasteiger partial charge on any atom is -1.00 e. The van der Waals surface area contributed by atoms with Crippen LogP contribution in [0, 0.1) is 5.92 Å². The molecule has 2 atom stereocenters. The molecule has 0 bridgehead atoms. The Labute approximate surface area is 121 Å². The van der Waals surface area contributed by atoms with Crippen molar-refractivity contribution < 1.29 is 56.4 Å². The molecule has 15 heavy (non-hydrogen) atoms. The maximum atomic E-state index is 2.41. The first kappa shape index (κ1) is 18.4. The molecule has 0 spiro atoms. The smallest absolute Gasteiger partial charge is 1.00 e. The zero-order chi connectivity index (χ0) is 8.39. The molecule has 4 heteroatoms. The second kappa shape index (κ2) is 9.13. The predicted molar refractivity (Wildman–Crippen MR) is 48.8 cm³/mol. The van der Waals surface area contributed by atoms with Gasteiger partial charge in [0.25, 0.3) is 0 Å². The van der Waals surface area contributed by atoms with Gasteiger partial charge in [-0.2, -0.15) is 0 Å². The summed E-state index contributed by atoms with van der Waals surface area (Å²) in [5.74, 6) is 0.954. The van der Waals surface area contributed by atoms with E-state index in [9.17, 15) is 0 Å². The van der Waals surface area contributed by atoms with Gasteiger partial charge in [0, 0.05) is 0 Å². The van der Waals surface area contributed by atoms with E-state index >= 15 is 0 Å². The third-order valence-electron chi connectivity index (χ3n) is 2.97. The van der Waals surface area contributed by atoms with Crippen LogP contribution in [-0.2, 0) is 19.2 Å². The Morgan fingerprint density at radius 2 is 2.00 bits per heavy atom. The molecular weight excluding hydrogens is 286 g/mol. The summed E-state index contributed by atoms with van der Waals surface area (Å²) in [6.07, 6.45) is 11.3. The van der Waals surface area contributed by atoms with Gasteiger partial charge in [-0.1, -0.05) is 0 Å². The standard InChI is InChI=1S/C9H11.C2H5.3ClH.Ti/c1-2-5-9-7-3-6-8(9)4-1;1-2;;;;/h1-2,4,6,9H,3,5,7H2;1H2,2H3;3*1H;/q;;;;;+3/p-3. The van der Waals surface area contributed by atoms with E-state index in [4.69, 9.17) is 0 Å². The van der Waals surface area contributed by atoms with Crippen molar-refractivity contribution in [3.8, 4) is 0 Å². The van der Waals surface area contributed by atoms with Gasteiger partial charge >= 0.3 is 84.0 Å². The van der Waals surface area contributed by atoms with Crippen LogP contribution in [0.15, 0.2) is 23.8 Å². The minimum atomic E-state index is 0. The summed E-state index contributed by atoms with van der Waals surface area (Å²) in [5.41, 5.74) is 1.82. The van der Waals surface area contributed by atoms with Gasteiger partial charge in [-0.25, -0.2) is 0 Å². The van der Waals surface area contributed by atoms with Gasteiger partial charge < -0.3 is 37.2 Å². The molecule has 1 saturated carbocycles. The molecular formula is C11H16Cl3Ti. The Hall–Kier alpha value is 1.06. The Balaban J connectivity index is 0. The Morgan fingerprint density at radius 3 is 2.67 bits per heavy atom. The van der Waals surface area contributed by atoms with Gasteiger partial charge in [-0.3, -0.25) is 0 Å². The van der Waals surface area contributed by atoms with Crippen LogP contribution in [0.25, 0.3) is 0 Å². The van der Waals surface area contributed by atoms with Gasteiger partial charge in [-0.15, -0.1) is 0 Å². The van der Waals surface area contributed by atoms with E-state index in [0.717, 1.165) is 10.1 Å². The molecule has 0 amide bonds. The van der Waals surface area contributed by atoms with Crippen molar-refractivity contribution in [2.75, 3.05) is 0 Å². The molecule has 0 radical (unpaired) electrons. The average molecular weight is 302 g/mol. The maximum Gasteiger partial charge on any atom is -1.00 e. The van der Waals surface area contributed by atoms with Gasteiger partial charge in [0.1, 0.15) is 0 Å². The maximum absolute atomic E-state index is 2.41. The first-order valence-electron chi connectivity index (χ1n) is 5.02. The van der Waals surface area contributed by atoms with Crippen LogP contribution in [0.5, 0.6) is 0 Å². The van der Waals surface area contributed by atoms with E-state index in [-0.39, 0.29) is 37.2 Å². The quantitative estimate of drug-likeness (QED) is 0.447. The fourth-order valence-corrected chi connectivity index (χ4v) is 4.62. The van der Waals surface area contributed by atoms with E-state index in [1.165, 1.54) is 24.0 Å². The molecule has 85 valence electrons. The van der Waals surface area contributed by atoms with E-state index < -0.39 is 0 Å². The average Bonchev–Trinajstić information content (AvgIpc) is 2.50. The SMILES string of the molecule is C[CH2][Ti+3][CH]1CCC2CC=CC=C21.[Cl-].[Cl-].[Cl-]. The Morgan fingerprint density at radius 1 is 1.27 bits per heavy atom. The molecule has 0 nitrogen and oxygen atoms in total. The van der Waals surface area contributed by atoms with Crippen molar-refractivity contribution in [3.63, 3.8) is 0 Å². The van der Waals surface area contributed by atoms with Crippen LogP contribution < -0.4 is 37.2 Å². The number of rotatable bonds is 2. The molecule has 0 aromatic rings. The van der Waals surface area contributed by atoms with Crippen molar-refractivity contribution in [2.24, 2.45) is 5.92 Å². The summed E-state index contributed by atoms with van der Waals surface area (Å²) in [7, 11) is 0. The number of allylic oxidation sites excluding steroid dienone is 4. The first-order valence-corrected chi connectivity index (χ1v) is 7.02. The molecule has 0 aliphatic heterocycles. The summed E-state index contributed by atoms with van der Waals surface area (Å²) in [6, 6.07) is 0. The van der Waals surface area contributed by atoms with Crippen molar-refractivity contribution in [3.05, 3.63) is 23.8 Å². The Kier molecular flexibility index (Phi) is 11.2. The fraction of sp³-hybridized carbons (Fsp3) is 0.636. The Bertz CT molecular complexity index is 224. The van der Waals surface area contributed by atoms with Crippen LogP contribution in [0.2, 0.25) is 8.95 Å². The van der Waals surface area contributed by atoms with E-state index in [2.05, 4.69) is 25.2 Å². The zero-order valence-corrected chi connectivity index (χ0v) is 12.7. The molecule has 0 saturated heterocycles. The predicted octanol–water partition coefficient (Wildman–Crippen LogP) is -5.40. The van der Waals surface area contributed by atoms with Crippen LogP contribution in [0.3, 0.4) is 0 Å². The number of hydrogen-bond acceptors (Lipinski definition) is 0. The van der Waals surface area contributed by atoms with E-state index in [1.807, 2.05) is 5.57 Å². The summed E-state index contributed by atoms with van der Waals surface area (Å²) >= 11 is 0.349. The normalized spacial score (nSPS) is 26.1. The molecule has 2 rings (SSSR count). The van der Waals surface area contributed by atoms with Crippen LogP contribution >= 0.6 is 0 Å². The van der Waals surface area contributed by atoms with E-state index in [0.29, 0.717) is 19.2 Å². The van der Waals surface area contributed by atoms with Crippen LogP contribution in [0.4, 0.5) is 0 Å². The number of halogens is 3. The molecule has 0 aromatic heterocycles. The molecule has 2 unspecified atom stereocenters. The van der Waals surface area contributed by atoms with Gasteiger partial charge in [0.15, 0.2) is 0 Å². The van der Waals surface area contributed by atoms with Gasteiger partial charge in [-0.05, 0) is 0 Å². The fourth-order valence-electron chi connectivity index (χ4n) is 2.38. The second-order valence-corrected chi connectivity index (χ2v) is 6.55. The number of hydrogen-bond donors (Lipinski definition) is 0. The topological polar surface area (TPSA) is 0 Å². The molecule has 1 fully saturated rings. The van der Waals surface area contributed by atoms with Crippen LogP contribution in [-0.4, -0.2) is 0 Å². The summed E-state index contributed by atoms with van der Waals surface area (Å²) in [4.78, 5) is 0. The summed E-state index contributed by atoms with van der Waals surface area (Å²) in [6.45, 7) is 2.35. The largest absolute Gasteiger partial charge is 1.00 e. The molecule has 0 heterocycles. The van der Waals surface area contributed by atoms with Crippen molar-refractivity contribution >= 4 is 0 Å². The van der Waals surface area contributed by atoms with Crippen molar-refractivity contribution in [1.82, 2.24) is 0 Å². The van der Waals surface area contributed by atoms with Crippen molar-refractivity contribution in [1.29, 1.82) is 0 Å². The zero-order valence-electron chi connectivity index (χ0n) is 8.85.